The molecular weight excluding hydrogens is 486 g/mol. The van der Waals surface area contributed by atoms with Gasteiger partial charge in [0.2, 0.25) is 11.8 Å². The van der Waals surface area contributed by atoms with E-state index >= 15 is 0 Å². The van der Waals surface area contributed by atoms with E-state index in [9.17, 15) is 18.4 Å². The predicted molar refractivity (Wildman–Crippen MR) is 140 cm³/mol. The Morgan fingerprint density at radius 1 is 1.00 bits per heavy atom. The summed E-state index contributed by atoms with van der Waals surface area (Å²) in [7, 11) is 0. The number of amides is 2. The number of hydrogen-bond acceptors (Lipinski definition) is 3. The van der Waals surface area contributed by atoms with E-state index in [2.05, 4.69) is 10.3 Å². The van der Waals surface area contributed by atoms with E-state index in [0.29, 0.717) is 11.1 Å². The van der Waals surface area contributed by atoms with Crippen molar-refractivity contribution in [3.05, 3.63) is 102 Å². The van der Waals surface area contributed by atoms with Crippen molar-refractivity contribution < 1.29 is 18.4 Å². The van der Waals surface area contributed by atoms with Crippen molar-refractivity contribution in [2.24, 2.45) is 0 Å². The molecule has 1 N–H and O–H groups in total. The van der Waals surface area contributed by atoms with Gasteiger partial charge in [-0.15, -0.1) is 0 Å². The van der Waals surface area contributed by atoms with E-state index in [-0.39, 0.29) is 37.2 Å². The Bertz CT molecular complexity index is 1480. The monoisotopic (exact) mass is 514 g/mol. The Morgan fingerprint density at radius 3 is 2.53 bits per heavy atom. The van der Waals surface area contributed by atoms with Crippen LogP contribution in [0.4, 0.5) is 8.78 Å². The van der Waals surface area contributed by atoms with Gasteiger partial charge in [-0.25, -0.2) is 13.8 Å². The molecular formula is C30H28F2N4O2. The number of benzene rings is 3. The lowest BCUT2D eigenvalue weighted by Gasteiger charge is -2.27. The van der Waals surface area contributed by atoms with Crippen molar-refractivity contribution in [3.8, 4) is 0 Å². The molecule has 2 fully saturated rings. The summed E-state index contributed by atoms with van der Waals surface area (Å²) < 4.78 is 31.2. The molecule has 2 heterocycles. The molecule has 4 aromatic rings. The highest BCUT2D eigenvalue weighted by molar-refractivity contribution is 5.89. The number of nitrogens with zero attached hydrogens (tertiary/aromatic N) is 3. The predicted octanol–water partition coefficient (Wildman–Crippen LogP) is 4.90. The second-order valence-electron chi connectivity index (χ2n) is 10.2. The van der Waals surface area contributed by atoms with Crippen LogP contribution >= 0.6 is 0 Å². The molecule has 1 aliphatic carbocycles. The van der Waals surface area contributed by atoms with Crippen LogP contribution in [-0.2, 0) is 16.1 Å². The number of rotatable bonds is 7. The number of imidazole rings is 1. The molecule has 2 amide bonds. The molecule has 1 saturated heterocycles. The summed E-state index contributed by atoms with van der Waals surface area (Å²) in [6.07, 6.45) is 2.16. The number of fused-ring (bicyclic) bond motifs is 1. The summed E-state index contributed by atoms with van der Waals surface area (Å²) in [5.41, 5.74) is 3.62. The van der Waals surface area contributed by atoms with Crippen molar-refractivity contribution in [1.29, 1.82) is 0 Å². The van der Waals surface area contributed by atoms with E-state index in [1.807, 2.05) is 60.7 Å². The number of carbonyl (C=O) groups is 2. The van der Waals surface area contributed by atoms with Crippen LogP contribution in [0.25, 0.3) is 11.0 Å². The summed E-state index contributed by atoms with van der Waals surface area (Å²) in [5.74, 6) is -0.839. The normalized spacial score (nSPS) is 20.0. The average molecular weight is 515 g/mol. The molecule has 0 radical (unpaired) electrons. The van der Waals surface area contributed by atoms with Crippen LogP contribution in [0, 0.1) is 5.82 Å². The summed E-state index contributed by atoms with van der Waals surface area (Å²) in [4.78, 5) is 32.5. The third-order valence-corrected chi connectivity index (χ3v) is 7.50. The minimum Gasteiger partial charge on any atom is -0.343 e. The van der Waals surface area contributed by atoms with Crippen LogP contribution < -0.4 is 5.32 Å². The fourth-order valence-electron chi connectivity index (χ4n) is 5.37. The van der Waals surface area contributed by atoms with E-state index in [1.54, 1.807) is 17.0 Å². The number of alkyl halides is 1. The van der Waals surface area contributed by atoms with E-state index in [0.717, 1.165) is 29.4 Å². The van der Waals surface area contributed by atoms with Crippen LogP contribution in [0.5, 0.6) is 0 Å². The Balaban J connectivity index is 1.24. The number of halogens is 2. The molecule has 38 heavy (non-hydrogen) atoms. The number of carbonyl (C=O) groups excluding carboxylic acids is 2. The molecule has 3 atom stereocenters. The fraction of sp³-hybridized carbons (Fsp3) is 0.300. The maximum absolute atomic E-state index is 14.9. The van der Waals surface area contributed by atoms with Gasteiger partial charge in [0, 0.05) is 6.42 Å². The van der Waals surface area contributed by atoms with Gasteiger partial charge in [0.15, 0.2) is 0 Å². The minimum atomic E-state index is -1.31. The SMILES string of the molecule is O=C(N[C@@H](c1ccccc1)c1ccc(C2CC2)c(F)c1)[C@@H]1C[C@@H](F)CN1C(=O)Cn1cnc2ccccc21. The largest absolute Gasteiger partial charge is 0.343 e. The number of likely N-dealkylation sites (tertiary alicyclic amines) is 1. The van der Waals surface area contributed by atoms with E-state index in [1.165, 1.54) is 11.0 Å². The first kappa shape index (κ1) is 24.3. The van der Waals surface area contributed by atoms with Crippen LogP contribution in [-0.4, -0.2) is 45.0 Å². The third-order valence-electron chi connectivity index (χ3n) is 7.50. The number of para-hydroxylation sites is 2. The van der Waals surface area contributed by atoms with Gasteiger partial charge in [0.1, 0.15) is 24.6 Å². The highest BCUT2D eigenvalue weighted by atomic mass is 19.1. The van der Waals surface area contributed by atoms with Gasteiger partial charge < -0.3 is 14.8 Å². The van der Waals surface area contributed by atoms with Crippen LogP contribution in [0.2, 0.25) is 0 Å². The number of aromatic nitrogens is 2. The topological polar surface area (TPSA) is 67.2 Å². The molecule has 1 aliphatic heterocycles. The van der Waals surface area contributed by atoms with Gasteiger partial charge in [-0.1, -0.05) is 54.6 Å². The Kier molecular flexibility index (Phi) is 6.39. The first-order valence-corrected chi connectivity index (χ1v) is 13.0. The molecule has 2 aliphatic rings. The minimum absolute atomic E-state index is 0.0486. The molecule has 0 unspecified atom stereocenters. The van der Waals surface area contributed by atoms with Crippen LogP contribution in [0.3, 0.4) is 0 Å². The number of hydrogen-bond donors (Lipinski definition) is 1. The van der Waals surface area contributed by atoms with Gasteiger partial charge in [-0.05, 0) is 53.6 Å². The summed E-state index contributed by atoms with van der Waals surface area (Å²) in [5, 5.41) is 2.99. The van der Waals surface area contributed by atoms with Gasteiger partial charge in [-0.2, -0.15) is 0 Å². The van der Waals surface area contributed by atoms with Crippen LogP contribution in [0.1, 0.15) is 47.9 Å². The van der Waals surface area contributed by atoms with Gasteiger partial charge in [-0.3, -0.25) is 9.59 Å². The lowest BCUT2D eigenvalue weighted by atomic mass is 9.96. The molecule has 6 nitrogen and oxygen atoms in total. The molecule has 0 bridgehead atoms. The van der Waals surface area contributed by atoms with E-state index < -0.39 is 24.2 Å². The molecule has 1 aromatic heterocycles. The Labute approximate surface area is 219 Å². The molecule has 3 aromatic carbocycles. The van der Waals surface area contributed by atoms with Gasteiger partial charge >= 0.3 is 0 Å². The second kappa shape index (κ2) is 10.0. The zero-order valence-electron chi connectivity index (χ0n) is 20.8. The molecule has 1 saturated carbocycles. The summed E-state index contributed by atoms with van der Waals surface area (Å²) in [6.45, 7) is -0.197. The maximum atomic E-state index is 14.9. The highest BCUT2D eigenvalue weighted by Gasteiger charge is 2.40. The maximum Gasteiger partial charge on any atom is 0.243 e. The smallest absolute Gasteiger partial charge is 0.243 e. The van der Waals surface area contributed by atoms with Crippen molar-refractivity contribution in [3.63, 3.8) is 0 Å². The molecule has 0 spiro atoms. The number of nitrogens with one attached hydrogen (secondary N) is 1. The van der Waals surface area contributed by atoms with Gasteiger partial charge in [0.05, 0.1) is 29.9 Å². The quantitative estimate of drug-likeness (QED) is 0.382. The van der Waals surface area contributed by atoms with Gasteiger partial charge in [0.25, 0.3) is 0 Å². The lowest BCUT2D eigenvalue weighted by Crippen LogP contribution is -2.47. The van der Waals surface area contributed by atoms with Crippen molar-refractivity contribution in [2.75, 3.05) is 6.54 Å². The van der Waals surface area contributed by atoms with E-state index in [4.69, 9.17) is 0 Å². The summed E-state index contributed by atoms with van der Waals surface area (Å²) >= 11 is 0. The molecule has 6 rings (SSSR count). The fourth-order valence-corrected chi connectivity index (χ4v) is 5.37. The first-order chi connectivity index (χ1) is 18.5. The highest BCUT2D eigenvalue weighted by Crippen LogP contribution is 2.42. The second-order valence-corrected chi connectivity index (χ2v) is 10.2. The first-order valence-electron chi connectivity index (χ1n) is 13.0. The lowest BCUT2D eigenvalue weighted by molar-refractivity contribution is -0.139. The van der Waals surface area contributed by atoms with Crippen molar-refractivity contribution in [1.82, 2.24) is 19.8 Å². The average Bonchev–Trinajstić information content (AvgIpc) is 3.58. The van der Waals surface area contributed by atoms with Crippen molar-refractivity contribution in [2.45, 2.75) is 50.0 Å². The molecule has 194 valence electrons. The zero-order chi connectivity index (χ0) is 26.2. The van der Waals surface area contributed by atoms with Crippen LogP contribution in [0.15, 0.2) is 79.1 Å². The molecule has 8 heteroatoms. The zero-order valence-corrected chi connectivity index (χ0v) is 20.8. The summed E-state index contributed by atoms with van der Waals surface area (Å²) in [6, 6.07) is 20.2. The standard InChI is InChI=1S/C30H28F2N4O2/c31-22-15-27(36(16-22)28(37)17-35-18-33-25-8-4-5-9-26(25)35)30(38)34-29(20-6-2-1-3-7-20)21-12-13-23(19-10-11-19)24(32)14-21/h1-9,12-14,18-19,22,27,29H,10-11,15-17H2,(H,34,38)/t22-,27+,29+/m1/s1. The Hall–Kier alpha value is -4.07. The van der Waals surface area contributed by atoms with Crippen molar-refractivity contribution >= 4 is 22.8 Å². The third kappa shape index (κ3) is 4.78. The Morgan fingerprint density at radius 2 is 1.76 bits per heavy atom.